The molecule has 2 saturated heterocycles. The molecule has 2 aliphatic rings. The number of thioether (sulfide) groups is 1. The summed E-state index contributed by atoms with van der Waals surface area (Å²) < 4.78 is 6.47. The molecule has 0 bridgehead atoms. The van der Waals surface area contributed by atoms with Crippen LogP contribution in [0.3, 0.4) is 0 Å². The number of hydrogen-bond acceptors (Lipinski definition) is 5. The van der Waals surface area contributed by atoms with Gasteiger partial charge >= 0.3 is 0 Å². The summed E-state index contributed by atoms with van der Waals surface area (Å²) in [6, 6.07) is 13.8. The Labute approximate surface area is 177 Å². The number of amides is 1. The van der Waals surface area contributed by atoms with E-state index in [1.54, 1.807) is 11.8 Å². The van der Waals surface area contributed by atoms with Crippen LogP contribution in [-0.2, 0) is 11.3 Å². The van der Waals surface area contributed by atoms with Gasteiger partial charge in [0.25, 0.3) is 5.91 Å². The summed E-state index contributed by atoms with van der Waals surface area (Å²) in [5, 5.41) is 3.08. The zero-order valence-electron chi connectivity index (χ0n) is 17.0. The first-order valence-corrected chi connectivity index (χ1v) is 11.6. The monoisotopic (exact) mass is 411 g/mol. The average molecular weight is 412 g/mol. The van der Waals surface area contributed by atoms with Gasteiger partial charge < -0.3 is 10.1 Å². The first-order valence-electron chi connectivity index (χ1n) is 10.4. The summed E-state index contributed by atoms with van der Waals surface area (Å²) >= 11 is 1.60. The van der Waals surface area contributed by atoms with Crippen LogP contribution in [0.5, 0.6) is 0 Å². The van der Waals surface area contributed by atoms with Crippen molar-refractivity contribution in [1.82, 2.24) is 15.2 Å². The molecule has 1 spiro atoms. The van der Waals surface area contributed by atoms with Gasteiger partial charge in [0, 0.05) is 37.3 Å². The fourth-order valence-corrected chi connectivity index (χ4v) is 4.98. The molecule has 1 aromatic heterocycles. The average Bonchev–Trinajstić information content (AvgIpc) is 3.17. The Balaban J connectivity index is 1.25. The maximum atomic E-state index is 12.6. The van der Waals surface area contributed by atoms with Crippen LogP contribution in [0, 0.1) is 0 Å². The van der Waals surface area contributed by atoms with Gasteiger partial charge in [-0.05, 0) is 56.2 Å². The number of benzene rings is 1. The molecule has 3 heterocycles. The second-order valence-corrected chi connectivity index (χ2v) is 8.82. The maximum Gasteiger partial charge on any atom is 0.252 e. The van der Waals surface area contributed by atoms with Gasteiger partial charge in [0.15, 0.2) is 0 Å². The van der Waals surface area contributed by atoms with Crippen LogP contribution in [0.25, 0.3) is 0 Å². The van der Waals surface area contributed by atoms with Gasteiger partial charge in [0.05, 0.1) is 23.0 Å². The number of rotatable bonds is 6. The van der Waals surface area contributed by atoms with E-state index >= 15 is 0 Å². The summed E-state index contributed by atoms with van der Waals surface area (Å²) in [7, 11) is 0. The highest BCUT2D eigenvalue weighted by atomic mass is 32.2. The molecule has 1 N–H and O–H groups in total. The van der Waals surface area contributed by atoms with Crippen molar-refractivity contribution in [3.63, 3.8) is 0 Å². The van der Waals surface area contributed by atoms with Crippen molar-refractivity contribution in [3.8, 4) is 0 Å². The van der Waals surface area contributed by atoms with Crippen LogP contribution in [0.4, 0.5) is 0 Å². The fraction of sp³-hybridized carbons (Fsp3) is 0.478. The Kier molecular flexibility index (Phi) is 6.53. The van der Waals surface area contributed by atoms with Gasteiger partial charge in [0.2, 0.25) is 0 Å². The third-order valence-electron chi connectivity index (χ3n) is 6.06. The second kappa shape index (κ2) is 9.28. The van der Waals surface area contributed by atoms with Crippen molar-refractivity contribution in [2.45, 2.75) is 48.8 Å². The lowest BCUT2D eigenvalue weighted by molar-refractivity contribution is -0.0765. The van der Waals surface area contributed by atoms with E-state index < -0.39 is 0 Å². The molecule has 6 heteroatoms. The highest BCUT2D eigenvalue weighted by Gasteiger charge is 2.42. The van der Waals surface area contributed by atoms with Crippen LogP contribution in [-0.4, -0.2) is 53.4 Å². The van der Waals surface area contributed by atoms with Gasteiger partial charge in [-0.1, -0.05) is 18.2 Å². The molecule has 0 aliphatic carbocycles. The minimum Gasteiger partial charge on any atom is -0.370 e. The van der Waals surface area contributed by atoms with Crippen molar-refractivity contribution in [2.75, 3.05) is 25.9 Å². The largest absolute Gasteiger partial charge is 0.370 e. The van der Waals surface area contributed by atoms with Crippen LogP contribution >= 0.6 is 11.8 Å². The predicted molar refractivity (Wildman–Crippen MR) is 116 cm³/mol. The number of ether oxygens (including phenoxy) is 1. The molecule has 1 amide bonds. The highest BCUT2D eigenvalue weighted by Crippen LogP contribution is 2.39. The molecular weight excluding hydrogens is 382 g/mol. The van der Waals surface area contributed by atoms with Crippen molar-refractivity contribution in [2.24, 2.45) is 0 Å². The summed E-state index contributed by atoms with van der Waals surface area (Å²) in [4.78, 5) is 20.5. The van der Waals surface area contributed by atoms with E-state index in [4.69, 9.17) is 4.74 Å². The molecule has 2 aromatic rings. The number of pyridine rings is 1. The normalized spacial score (nSPS) is 21.3. The molecule has 0 radical (unpaired) electrons. The fourth-order valence-electron chi connectivity index (χ4n) is 4.38. The van der Waals surface area contributed by atoms with Crippen molar-refractivity contribution in [1.29, 1.82) is 0 Å². The van der Waals surface area contributed by atoms with Crippen LogP contribution in [0.2, 0.25) is 0 Å². The number of aromatic nitrogens is 1. The second-order valence-electron chi connectivity index (χ2n) is 7.97. The lowest BCUT2D eigenvalue weighted by atomic mass is 9.88. The van der Waals surface area contributed by atoms with Gasteiger partial charge in [0.1, 0.15) is 0 Å². The lowest BCUT2D eigenvalue weighted by Gasteiger charge is -2.39. The van der Waals surface area contributed by atoms with Gasteiger partial charge in [-0.2, -0.15) is 0 Å². The Morgan fingerprint density at radius 1 is 1.21 bits per heavy atom. The molecule has 0 saturated carbocycles. The van der Waals surface area contributed by atoms with Gasteiger partial charge in [-0.15, -0.1) is 11.8 Å². The molecule has 4 rings (SSSR count). The summed E-state index contributed by atoms with van der Waals surface area (Å²) in [5.74, 6) is -0.00956. The predicted octanol–water partition coefficient (Wildman–Crippen LogP) is 3.75. The number of piperidine rings is 1. The summed E-state index contributed by atoms with van der Waals surface area (Å²) in [6.45, 7) is 3.57. The Bertz CT molecular complexity index is 822. The van der Waals surface area contributed by atoms with E-state index in [1.807, 2.05) is 48.9 Å². The zero-order valence-corrected chi connectivity index (χ0v) is 17.8. The number of carbonyl (C=O) groups is 1. The topological polar surface area (TPSA) is 54.5 Å². The lowest BCUT2D eigenvalue weighted by Crippen LogP contribution is -2.45. The number of nitrogens with one attached hydrogen (secondary N) is 1. The van der Waals surface area contributed by atoms with E-state index in [0.717, 1.165) is 61.5 Å². The number of carbonyl (C=O) groups excluding carboxylic acids is 1. The standard InChI is InChI=1S/C23H29N3O2S/c1-29-21-8-3-2-7-20(21)22(27)25-16-19-9-10-23(28-19)11-14-26(15-12-23)17-18-6-4-5-13-24-18/h2-8,13,19H,9-12,14-17H2,1H3,(H,25,27)/t19-/m1/s1. The Morgan fingerprint density at radius 2 is 2.00 bits per heavy atom. The van der Waals surface area contributed by atoms with Crippen LogP contribution in [0.15, 0.2) is 53.6 Å². The van der Waals surface area contributed by atoms with Crippen molar-refractivity contribution < 1.29 is 9.53 Å². The number of likely N-dealkylation sites (tertiary alicyclic amines) is 1. The quantitative estimate of drug-likeness (QED) is 0.734. The van der Waals surface area contributed by atoms with E-state index in [-0.39, 0.29) is 17.6 Å². The van der Waals surface area contributed by atoms with E-state index in [9.17, 15) is 4.79 Å². The van der Waals surface area contributed by atoms with Crippen molar-refractivity contribution >= 4 is 17.7 Å². The van der Waals surface area contributed by atoms with Crippen LogP contribution < -0.4 is 5.32 Å². The summed E-state index contributed by atoms with van der Waals surface area (Å²) in [6.07, 6.45) is 8.19. The van der Waals surface area contributed by atoms with E-state index in [1.165, 1.54) is 0 Å². The summed E-state index contributed by atoms with van der Waals surface area (Å²) in [5.41, 5.74) is 1.87. The Morgan fingerprint density at radius 3 is 2.76 bits per heavy atom. The van der Waals surface area contributed by atoms with Crippen molar-refractivity contribution in [3.05, 3.63) is 59.9 Å². The van der Waals surface area contributed by atoms with E-state index in [0.29, 0.717) is 6.54 Å². The molecule has 0 unspecified atom stereocenters. The molecule has 1 atom stereocenters. The zero-order chi connectivity index (χ0) is 20.1. The highest BCUT2D eigenvalue weighted by molar-refractivity contribution is 7.98. The Hall–Kier alpha value is -1.89. The smallest absolute Gasteiger partial charge is 0.252 e. The SMILES string of the molecule is CSc1ccccc1C(=O)NC[C@H]1CCC2(CCN(Cc3ccccn3)CC2)O1. The molecule has 154 valence electrons. The third-order valence-corrected chi connectivity index (χ3v) is 6.86. The van der Waals surface area contributed by atoms with Gasteiger partial charge in [-0.25, -0.2) is 0 Å². The number of nitrogens with zero attached hydrogens (tertiary/aromatic N) is 2. The third kappa shape index (κ3) is 5.00. The van der Waals surface area contributed by atoms with E-state index in [2.05, 4.69) is 21.3 Å². The van der Waals surface area contributed by atoms with Gasteiger partial charge in [-0.3, -0.25) is 14.7 Å². The molecule has 2 fully saturated rings. The molecule has 29 heavy (non-hydrogen) atoms. The molecule has 5 nitrogen and oxygen atoms in total. The van der Waals surface area contributed by atoms with Crippen LogP contribution in [0.1, 0.15) is 41.7 Å². The minimum atomic E-state index is -0.00956. The first kappa shape index (κ1) is 20.4. The first-order chi connectivity index (χ1) is 14.2. The number of hydrogen-bond donors (Lipinski definition) is 1. The molecular formula is C23H29N3O2S. The minimum absolute atomic E-state index is 0.00676. The molecule has 1 aromatic carbocycles. The maximum absolute atomic E-state index is 12.6. The molecule has 2 aliphatic heterocycles.